The molecule has 0 N–H and O–H groups in total. The van der Waals surface area contributed by atoms with Crippen LogP contribution >= 0.6 is 0 Å². The predicted octanol–water partition coefficient (Wildman–Crippen LogP) is 6.35. The normalized spacial score (nSPS) is 39.4. The quantitative estimate of drug-likeness (QED) is 0.488. The summed E-state index contributed by atoms with van der Waals surface area (Å²) in [4.78, 5) is 12.5. The van der Waals surface area contributed by atoms with Crippen molar-refractivity contribution in [3.8, 4) is 0 Å². The van der Waals surface area contributed by atoms with E-state index in [2.05, 4.69) is 6.92 Å². The fraction of sp³-hybridized carbons (Fsp3) is 0.955. The number of ketones is 1. The Morgan fingerprint density at radius 3 is 2.56 bits per heavy atom. The van der Waals surface area contributed by atoms with Gasteiger partial charge in [-0.2, -0.15) is 0 Å². The molecule has 0 bridgehead atoms. The summed E-state index contributed by atoms with van der Waals surface area (Å²) in [6.45, 7) is 2.42. The summed E-state index contributed by atoms with van der Waals surface area (Å²) < 4.78 is 54.6. The zero-order valence-corrected chi connectivity index (χ0v) is 17.5. The van der Waals surface area contributed by atoms with E-state index in [0.29, 0.717) is 24.5 Å². The van der Waals surface area contributed by atoms with E-state index >= 15 is 0 Å². The first-order valence-electron chi connectivity index (χ1n) is 13.2. The summed E-state index contributed by atoms with van der Waals surface area (Å²) in [5, 5.41) is 0. The van der Waals surface area contributed by atoms with Crippen molar-refractivity contribution in [2.75, 3.05) is 0 Å². The van der Waals surface area contributed by atoms with Gasteiger partial charge in [-0.3, -0.25) is 4.79 Å². The van der Waals surface area contributed by atoms with Crippen LogP contribution in [-0.2, 0) is 9.22 Å². The Hall–Kier alpha value is -0.153. The van der Waals surface area contributed by atoms with E-state index in [1.54, 1.807) is 0 Å². The van der Waals surface area contributed by atoms with Gasteiger partial charge in [0, 0.05) is 20.6 Å². The third-order valence-electron chi connectivity index (χ3n) is 7.18. The molecular formula is C22H40O2Si. The molecule has 3 rings (SSSR count). The first kappa shape index (κ1) is 13.1. The second-order valence-corrected chi connectivity index (χ2v) is 14.7. The molecule has 0 aromatic heterocycles. The molecule has 25 heavy (non-hydrogen) atoms. The van der Waals surface area contributed by atoms with Crippen molar-refractivity contribution in [1.29, 1.82) is 0 Å². The summed E-state index contributed by atoms with van der Waals surface area (Å²) >= 11 is 0. The Morgan fingerprint density at radius 2 is 1.96 bits per heavy atom. The Balaban J connectivity index is 1.77. The Bertz CT molecular complexity index is 678. The van der Waals surface area contributed by atoms with Gasteiger partial charge in [-0.05, 0) is 101 Å². The van der Waals surface area contributed by atoms with E-state index < -0.39 is 27.6 Å². The lowest BCUT2D eigenvalue weighted by Gasteiger charge is -2.43. The SMILES string of the molecule is [2H]C([2H])([2H])C(CCCC1(C2CCC3C(=O)CCCC32C)CC1)(O[Si](C)(C)C)C([2H])([2H])[2H]. The summed E-state index contributed by atoms with van der Waals surface area (Å²) in [5.41, 5.74) is -1.90. The van der Waals surface area contributed by atoms with Gasteiger partial charge in [0.25, 0.3) is 0 Å². The minimum absolute atomic E-state index is 0.0256. The third-order valence-corrected chi connectivity index (χ3v) is 8.14. The molecule has 0 heterocycles. The fourth-order valence-corrected chi connectivity index (χ4v) is 7.28. The fourth-order valence-electron chi connectivity index (χ4n) is 6.13. The molecule has 0 aliphatic heterocycles. The van der Waals surface area contributed by atoms with Gasteiger partial charge in [0.2, 0.25) is 0 Å². The van der Waals surface area contributed by atoms with Gasteiger partial charge in [0.05, 0.1) is 5.60 Å². The average molecular weight is 371 g/mol. The van der Waals surface area contributed by atoms with Crippen molar-refractivity contribution in [1.82, 2.24) is 0 Å². The van der Waals surface area contributed by atoms with E-state index in [0.717, 1.165) is 44.9 Å². The van der Waals surface area contributed by atoms with Crippen molar-refractivity contribution in [3.05, 3.63) is 0 Å². The first-order valence-corrected chi connectivity index (χ1v) is 13.6. The van der Waals surface area contributed by atoms with Crippen LogP contribution in [0.5, 0.6) is 0 Å². The smallest absolute Gasteiger partial charge is 0.184 e. The topological polar surface area (TPSA) is 26.3 Å². The van der Waals surface area contributed by atoms with Crippen molar-refractivity contribution in [2.45, 2.75) is 110 Å². The minimum atomic E-state index is -2.71. The van der Waals surface area contributed by atoms with E-state index in [-0.39, 0.29) is 23.2 Å². The molecule has 0 spiro atoms. The van der Waals surface area contributed by atoms with Gasteiger partial charge >= 0.3 is 0 Å². The number of carbonyl (C=O) groups excluding carboxylic acids is 1. The number of Topliss-reactive ketones (excluding diaryl/α,β-unsaturated/α-hetero) is 1. The van der Waals surface area contributed by atoms with Crippen LogP contribution in [0.1, 0.15) is 93.1 Å². The molecule has 3 atom stereocenters. The van der Waals surface area contributed by atoms with Gasteiger partial charge in [0.15, 0.2) is 8.32 Å². The molecule has 0 saturated heterocycles. The number of fused-ring (bicyclic) bond motifs is 1. The number of carbonyl (C=O) groups is 1. The Kier molecular flexibility index (Phi) is 3.39. The first-order chi connectivity index (χ1) is 14.0. The van der Waals surface area contributed by atoms with Crippen molar-refractivity contribution >= 4 is 14.1 Å². The number of hydrogen-bond donors (Lipinski definition) is 0. The molecule has 3 unspecified atom stereocenters. The predicted molar refractivity (Wildman–Crippen MR) is 107 cm³/mol. The highest BCUT2D eigenvalue weighted by Crippen LogP contribution is 2.68. The number of rotatable bonds is 7. The van der Waals surface area contributed by atoms with Gasteiger partial charge < -0.3 is 4.43 Å². The lowest BCUT2D eigenvalue weighted by molar-refractivity contribution is -0.130. The monoisotopic (exact) mass is 370 g/mol. The maximum atomic E-state index is 12.5. The molecule has 0 radical (unpaired) electrons. The van der Waals surface area contributed by atoms with E-state index in [9.17, 15) is 4.79 Å². The van der Waals surface area contributed by atoms with E-state index in [1.165, 1.54) is 0 Å². The highest BCUT2D eigenvalue weighted by Gasteiger charge is 2.61. The highest BCUT2D eigenvalue weighted by atomic mass is 28.4. The second kappa shape index (κ2) is 6.47. The second-order valence-electron chi connectivity index (χ2n) is 10.3. The molecule has 0 aromatic rings. The van der Waals surface area contributed by atoms with Crippen molar-refractivity contribution in [2.24, 2.45) is 22.7 Å². The Morgan fingerprint density at radius 1 is 1.24 bits per heavy atom. The molecule has 3 saturated carbocycles. The zero-order chi connectivity index (χ0) is 23.5. The van der Waals surface area contributed by atoms with Gasteiger partial charge in [-0.1, -0.05) is 13.3 Å². The van der Waals surface area contributed by atoms with Crippen LogP contribution in [-0.4, -0.2) is 19.7 Å². The Labute approximate surface area is 165 Å². The maximum Gasteiger partial charge on any atom is 0.184 e. The zero-order valence-electron chi connectivity index (χ0n) is 22.5. The molecule has 3 aliphatic rings. The average Bonchev–Trinajstić information content (AvgIpc) is 3.25. The molecule has 2 nitrogen and oxygen atoms in total. The highest BCUT2D eigenvalue weighted by molar-refractivity contribution is 6.69. The van der Waals surface area contributed by atoms with Crippen LogP contribution in [0.25, 0.3) is 0 Å². The maximum absolute atomic E-state index is 12.5. The molecule has 3 aliphatic carbocycles. The van der Waals surface area contributed by atoms with E-state index in [1.807, 2.05) is 19.6 Å². The molecule has 0 aromatic carbocycles. The van der Waals surface area contributed by atoms with Crippen LogP contribution in [0.4, 0.5) is 0 Å². The largest absolute Gasteiger partial charge is 0.413 e. The minimum Gasteiger partial charge on any atom is -0.413 e. The lowest BCUT2D eigenvalue weighted by Crippen LogP contribution is -2.40. The van der Waals surface area contributed by atoms with E-state index in [4.69, 9.17) is 12.7 Å². The summed E-state index contributed by atoms with van der Waals surface area (Å²) in [5.74, 6) is 1.10. The number of hydrogen-bond acceptors (Lipinski definition) is 2. The summed E-state index contributed by atoms with van der Waals surface area (Å²) in [6.07, 6.45) is 8.45. The van der Waals surface area contributed by atoms with Crippen LogP contribution in [0.2, 0.25) is 19.6 Å². The van der Waals surface area contributed by atoms with Crippen molar-refractivity contribution < 1.29 is 17.4 Å². The van der Waals surface area contributed by atoms with Crippen LogP contribution in [0.3, 0.4) is 0 Å². The van der Waals surface area contributed by atoms with Gasteiger partial charge in [-0.25, -0.2) is 0 Å². The third kappa shape index (κ3) is 4.08. The lowest BCUT2D eigenvalue weighted by atomic mass is 9.60. The van der Waals surface area contributed by atoms with Crippen molar-refractivity contribution in [3.63, 3.8) is 0 Å². The summed E-state index contributed by atoms with van der Waals surface area (Å²) in [7, 11) is -2.42. The van der Waals surface area contributed by atoms with Gasteiger partial charge in [-0.15, -0.1) is 0 Å². The van der Waals surface area contributed by atoms with Crippen LogP contribution < -0.4 is 0 Å². The molecule has 0 amide bonds. The molecule has 144 valence electrons. The molecule has 3 heteroatoms. The van der Waals surface area contributed by atoms with Crippen LogP contribution in [0, 0.1) is 22.7 Å². The van der Waals surface area contributed by atoms with Gasteiger partial charge in [0.1, 0.15) is 5.78 Å². The van der Waals surface area contributed by atoms with Crippen LogP contribution in [0.15, 0.2) is 0 Å². The standard InChI is InChI=1S/C22H40O2Si/c1-20(2,24-25(4,5)6)12-8-14-22(15-16-22)19-11-10-17-18(23)9-7-13-21(17,19)3/h17,19H,7-16H2,1-6H3/i1D3,2D3. The summed E-state index contributed by atoms with van der Waals surface area (Å²) in [6, 6.07) is 0. The molecular weight excluding hydrogens is 324 g/mol. The molecule has 3 fully saturated rings.